The molecule has 0 fully saturated rings. The van der Waals surface area contributed by atoms with Gasteiger partial charge < -0.3 is 4.57 Å². The predicted octanol–water partition coefficient (Wildman–Crippen LogP) is 15.5. The van der Waals surface area contributed by atoms with Gasteiger partial charge in [-0.25, -0.2) is 15.0 Å². The molecule has 0 N–H and O–H groups in total. The third-order valence-electron chi connectivity index (χ3n) is 12.4. The Kier molecular flexibility index (Phi) is 7.74. The van der Waals surface area contributed by atoms with Gasteiger partial charge in [0.1, 0.15) is 0 Å². The van der Waals surface area contributed by atoms with Crippen molar-refractivity contribution in [3.05, 3.63) is 206 Å². The molecule has 0 radical (unpaired) electrons. The fraction of sp³-hybridized carbons (Fsp3) is 0. The molecule has 0 saturated heterocycles. The van der Waals surface area contributed by atoms with Gasteiger partial charge in [-0.1, -0.05) is 152 Å². The Bertz CT molecular complexity index is 3940. The molecule has 0 spiro atoms. The number of rotatable bonds is 5. The van der Waals surface area contributed by atoms with Crippen molar-refractivity contribution in [2.45, 2.75) is 0 Å². The topological polar surface area (TPSA) is 43.6 Å². The van der Waals surface area contributed by atoms with Crippen molar-refractivity contribution in [2.24, 2.45) is 0 Å². The van der Waals surface area contributed by atoms with E-state index in [9.17, 15) is 0 Å². The van der Waals surface area contributed by atoms with Crippen LogP contribution < -0.4 is 0 Å². The van der Waals surface area contributed by atoms with Crippen molar-refractivity contribution in [1.82, 2.24) is 19.5 Å². The average molecular weight is 807 g/mol. The summed E-state index contributed by atoms with van der Waals surface area (Å²) >= 11 is 1.85. The Hall–Kier alpha value is -7.99. The molecular weight excluding hydrogens is 773 g/mol. The number of benzene rings is 10. The first kappa shape index (κ1) is 34.8. The summed E-state index contributed by atoms with van der Waals surface area (Å²) < 4.78 is 4.94. The lowest BCUT2D eigenvalue weighted by Gasteiger charge is -2.18. The second kappa shape index (κ2) is 13.8. The lowest BCUT2D eigenvalue weighted by molar-refractivity contribution is 1.07. The number of aromatic nitrogens is 4. The molecule has 4 nitrogen and oxygen atoms in total. The normalized spacial score (nSPS) is 11.9. The van der Waals surface area contributed by atoms with Gasteiger partial charge in [-0.3, -0.25) is 0 Å². The largest absolute Gasteiger partial charge is 0.309 e. The summed E-state index contributed by atoms with van der Waals surface area (Å²) in [6, 6.07) is 74.1. The first-order valence-electron chi connectivity index (χ1n) is 20.9. The fourth-order valence-electron chi connectivity index (χ4n) is 9.51. The van der Waals surface area contributed by atoms with E-state index in [4.69, 9.17) is 15.0 Å². The van der Waals surface area contributed by atoms with Gasteiger partial charge >= 0.3 is 0 Å². The number of para-hydroxylation sites is 1. The average Bonchev–Trinajstić information content (AvgIpc) is 3.87. The molecular formula is C57H34N4S. The van der Waals surface area contributed by atoms with Crippen LogP contribution in [0.25, 0.3) is 125 Å². The van der Waals surface area contributed by atoms with Crippen LogP contribution in [0.2, 0.25) is 0 Å². The van der Waals surface area contributed by atoms with Crippen LogP contribution in [0.3, 0.4) is 0 Å². The monoisotopic (exact) mass is 806 g/mol. The molecule has 0 amide bonds. The van der Waals surface area contributed by atoms with Crippen LogP contribution >= 0.6 is 11.3 Å². The number of hydrogen-bond donors (Lipinski definition) is 0. The molecule has 0 aliphatic rings. The molecule has 3 heterocycles. The molecule has 0 aliphatic carbocycles. The van der Waals surface area contributed by atoms with E-state index in [2.05, 4.69) is 193 Å². The van der Waals surface area contributed by atoms with Crippen LogP contribution in [0.5, 0.6) is 0 Å². The lowest BCUT2D eigenvalue weighted by atomic mass is 9.90. The fourth-order valence-corrected chi connectivity index (χ4v) is 10.7. The minimum absolute atomic E-state index is 0.623. The minimum atomic E-state index is 0.623. The van der Waals surface area contributed by atoms with E-state index in [1.165, 1.54) is 63.4 Å². The van der Waals surface area contributed by atoms with E-state index in [0.29, 0.717) is 17.5 Å². The van der Waals surface area contributed by atoms with Gasteiger partial charge in [-0.2, -0.15) is 0 Å². The third kappa shape index (κ3) is 5.49. The standard InChI is InChI=1S/C57H34N4S/c1-2-15-36(16-3-1)55-58-56(41-27-26-35-14-4-5-17-37(35)30-41)60-57(59-55)45-29-28-42(61-49-24-12-10-22-44(49)47-31-38-18-6-7-19-39(38)32-50(47)61)34-48(45)53-43-21-9-8-20-40(43)33-52-54(53)46-23-11-13-25-51(46)62-52/h1-34H. The predicted molar refractivity (Wildman–Crippen MR) is 261 cm³/mol. The van der Waals surface area contributed by atoms with Gasteiger partial charge in [0, 0.05) is 53.3 Å². The van der Waals surface area contributed by atoms with E-state index in [-0.39, 0.29) is 0 Å². The molecule has 13 rings (SSSR count). The smallest absolute Gasteiger partial charge is 0.164 e. The van der Waals surface area contributed by atoms with Crippen LogP contribution in [0.4, 0.5) is 0 Å². The highest BCUT2D eigenvalue weighted by Crippen LogP contribution is 2.48. The zero-order valence-electron chi connectivity index (χ0n) is 33.3. The molecule has 288 valence electrons. The molecule has 13 aromatic rings. The number of fused-ring (bicyclic) bond motifs is 9. The summed E-state index contributed by atoms with van der Waals surface area (Å²) in [6.45, 7) is 0. The number of nitrogens with zero attached hydrogens (tertiary/aromatic N) is 4. The summed E-state index contributed by atoms with van der Waals surface area (Å²) in [5, 5.41) is 12.1. The zero-order chi connectivity index (χ0) is 40.7. The third-order valence-corrected chi connectivity index (χ3v) is 13.5. The SMILES string of the molecule is c1ccc(-c2nc(-c3ccc4ccccc4c3)nc(-c3ccc(-n4c5ccccc5c5cc6ccccc6cc54)cc3-c3c4ccccc4cc4sc5ccccc5c34)n2)cc1. The van der Waals surface area contributed by atoms with Gasteiger partial charge in [0.25, 0.3) is 0 Å². The summed E-state index contributed by atoms with van der Waals surface area (Å²) in [7, 11) is 0. The van der Waals surface area contributed by atoms with E-state index >= 15 is 0 Å². The summed E-state index contributed by atoms with van der Waals surface area (Å²) in [4.78, 5) is 15.9. The molecule has 10 aromatic carbocycles. The molecule has 0 unspecified atom stereocenters. The Morgan fingerprint density at radius 3 is 1.79 bits per heavy atom. The summed E-state index contributed by atoms with van der Waals surface area (Å²) in [5.74, 6) is 1.89. The van der Waals surface area contributed by atoms with Crippen molar-refractivity contribution in [2.75, 3.05) is 0 Å². The Morgan fingerprint density at radius 2 is 0.968 bits per heavy atom. The van der Waals surface area contributed by atoms with Crippen LogP contribution in [0.15, 0.2) is 206 Å². The highest BCUT2D eigenvalue weighted by Gasteiger charge is 2.23. The molecule has 62 heavy (non-hydrogen) atoms. The Labute approximate surface area is 360 Å². The van der Waals surface area contributed by atoms with E-state index in [1.807, 2.05) is 29.5 Å². The lowest BCUT2D eigenvalue weighted by Crippen LogP contribution is -2.02. The van der Waals surface area contributed by atoms with E-state index in [1.54, 1.807) is 0 Å². The molecule has 0 bridgehead atoms. The van der Waals surface area contributed by atoms with Crippen LogP contribution in [-0.2, 0) is 0 Å². The molecule has 3 aromatic heterocycles. The van der Waals surface area contributed by atoms with E-state index in [0.717, 1.165) is 44.4 Å². The quantitative estimate of drug-likeness (QED) is 0.174. The van der Waals surface area contributed by atoms with Crippen LogP contribution in [0.1, 0.15) is 0 Å². The zero-order valence-corrected chi connectivity index (χ0v) is 34.1. The van der Waals surface area contributed by atoms with Gasteiger partial charge in [-0.05, 0) is 98.0 Å². The van der Waals surface area contributed by atoms with Crippen molar-refractivity contribution < 1.29 is 0 Å². The second-order valence-electron chi connectivity index (χ2n) is 16.0. The van der Waals surface area contributed by atoms with Crippen molar-refractivity contribution in [3.63, 3.8) is 0 Å². The van der Waals surface area contributed by atoms with Gasteiger partial charge in [0.15, 0.2) is 17.5 Å². The number of thiophene rings is 1. The highest BCUT2D eigenvalue weighted by molar-refractivity contribution is 7.26. The molecule has 5 heteroatoms. The van der Waals surface area contributed by atoms with Crippen molar-refractivity contribution >= 4 is 85.6 Å². The van der Waals surface area contributed by atoms with E-state index < -0.39 is 0 Å². The summed E-state index contributed by atoms with van der Waals surface area (Å²) in [5.41, 5.74) is 8.44. The van der Waals surface area contributed by atoms with Crippen molar-refractivity contribution in [1.29, 1.82) is 0 Å². The molecule has 0 aliphatic heterocycles. The maximum absolute atomic E-state index is 5.40. The Morgan fingerprint density at radius 1 is 0.339 bits per heavy atom. The number of hydrogen-bond acceptors (Lipinski definition) is 4. The minimum Gasteiger partial charge on any atom is -0.309 e. The van der Waals surface area contributed by atoms with Crippen molar-refractivity contribution in [3.8, 4) is 51.0 Å². The van der Waals surface area contributed by atoms with Gasteiger partial charge in [0.2, 0.25) is 0 Å². The maximum atomic E-state index is 5.40. The van der Waals surface area contributed by atoms with Crippen LogP contribution in [-0.4, -0.2) is 19.5 Å². The first-order chi connectivity index (χ1) is 30.7. The highest BCUT2D eigenvalue weighted by atomic mass is 32.1. The van der Waals surface area contributed by atoms with Gasteiger partial charge in [-0.15, -0.1) is 11.3 Å². The van der Waals surface area contributed by atoms with Crippen LogP contribution in [0, 0.1) is 0 Å². The van der Waals surface area contributed by atoms with Gasteiger partial charge in [0.05, 0.1) is 11.0 Å². The Balaban J connectivity index is 1.16. The molecule has 0 saturated carbocycles. The first-order valence-corrected chi connectivity index (χ1v) is 21.7. The second-order valence-corrected chi connectivity index (χ2v) is 17.1. The molecule has 0 atom stereocenters. The maximum Gasteiger partial charge on any atom is 0.164 e. The summed E-state index contributed by atoms with van der Waals surface area (Å²) in [6.07, 6.45) is 0.